The monoisotopic (exact) mass is 290 g/mol. The van der Waals surface area contributed by atoms with Gasteiger partial charge in [-0.1, -0.05) is 6.07 Å². The van der Waals surface area contributed by atoms with Gasteiger partial charge in [-0.25, -0.2) is 4.79 Å². The second kappa shape index (κ2) is 5.55. The highest BCUT2D eigenvalue weighted by Gasteiger charge is 2.46. The molecule has 1 unspecified atom stereocenters. The third-order valence-electron chi connectivity index (χ3n) is 3.95. The van der Waals surface area contributed by atoms with Crippen molar-refractivity contribution in [2.45, 2.75) is 25.3 Å². The average molecular weight is 290 g/mol. The number of benzene rings is 1. The van der Waals surface area contributed by atoms with Gasteiger partial charge in [-0.05, 0) is 38.0 Å². The summed E-state index contributed by atoms with van der Waals surface area (Å²) < 4.78 is 0. The smallest absolute Gasteiger partial charge is 0.329 e. The molecule has 1 aliphatic heterocycles. The number of rotatable bonds is 3. The first kappa shape index (κ1) is 15.0. The van der Waals surface area contributed by atoms with E-state index in [1.165, 1.54) is 18.0 Å². The van der Waals surface area contributed by atoms with Crippen LogP contribution in [-0.2, 0) is 4.79 Å². The van der Waals surface area contributed by atoms with E-state index >= 15 is 0 Å². The van der Waals surface area contributed by atoms with Gasteiger partial charge in [-0.2, -0.15) is 0 Å². The Kier molecular flexibility index (Phi) is 3.97. The van der Waals surface area contributed by atoms with Crippen LogP contribution in [0.15, 0.2) is 24.3 Å². The molecule has 1 aromatic rings. The molecule has 2 rings (SSSR count). The van der Waals surface area contributed by atoms with Gasteiger partial charge in [0.05, 0.1) is 0 Å². The summed E-state index contributed by atoms with van der Waals surface area (Å²) in [4.78, 5) is 37.0. The van der Waals surface area contributed by atoms with E-state index < -0.39 is 11.5 Å². The molecule has 1 heterocycles. The van der Waals surface area contributed by atoms with E-state index in [0.717, 1.165) is 0 Å². The van der Waals surface area contributed by atoms with Crippen LogP contribution in [0.1, 0.15) is 40.5 Å². The molecule has 6 heteroatoms. The van der Waals surface area contributed by atoms with Gasteiger partial charge >= 0.3 is 5.97 Å². The fourth-order valence-corrected chi connectivity index (χ4v) is 2.60. The Labute approximate surface area is 122 Å². The normalized spacial score (nSPS) is 21.1. The lowest BCUT2D eigenvalue weighted by Gasteiger charge is -2.31. The highest BCUT2D eigenvalue weighted by atomic mass is 16.4. The SMILES string of the molecule is CNC(=O)c1cccc(C(=O)N2CCCC2(C)C(=O)O)c1. The summed E-state index contributed by atoms with van der Waals surface area (Å²) in [5.74, 6) is -1.65. The summed E-state index contributed by atoms with van der Waals surface area (Å²) in [5, 5.41) is 11.9. The first-order chi connectivity index (χ1) is 9.90. The van der Waals surface area contributed by atoms with Crippen molar-refractivity contribution in [1.82, 2.24) is 10.2 Å². The van der Waals surface area contributed by atoms with Gasteiger partial charge in [-0.15, -0.1) is 0 Å². The number of hydrogen-bond acceptors (Lipinski definition) is 3. The van der Waals surface area contributed by atoms with E-state index in [1.807, 2.05) is 0 Å². The number of carbonyl (C=O) groups excluding carboxylic acids is 2. The number of nitrogens with zero attached hydrogens (tertiary/aromatic N) is 1. The summed E-state index contributed by atoms with van der Waals surface area (Å²) in [6.45, 7) is 1.97. The predicted octanol–water partition coefficient (Wildman–Crippen LogP) is 1.13. The van der Waals surface area contributed by atoms with E-state index in [0.29, 0.717) is 30.5 Å². The lowest BCUT2D eigenvalue weighted by Crippen LogP contribution is -2.50. The Morgan fingerprint density at radius 2 is 1.95 bits per heavy atom. The second-order valence-electron chi connectivity index (χ2n) is 5.30. The minimum Gasteiger partial charge on any atom is -0.480 e. The number of nitrogens with one attached hydrogen (secondary N) is 1. The lowest BCUT2D eigenvalue weighted by molar-refractivity contribution is -0.147. The molecule has 0 saturated carbocycles. The molecule has 1 atom stereocenters. The number of hydrogen-bond donors (Lipinski definition) is 2. The van der Waals surface area contributed by atoms with Crippen molar-refractivity contribution in [1.29, 1.82) is 0 Å². The van der Waals surface area contributed by atoms with E-state index in [2.05, 4.69) is 5.32 Å². The van der Waals surface area contributed by atoms with Gasteiger partial charge in [0.25, 0.3) is 11.8 Å². The first-order valence-electron chi connectivity index (χ1n) is 6.77. The predicted molar refractivity (Wildman–Crippen MR) is 76.1 cm³/mol. The molecule has 6 nitrogen and oxygen atoms in total. The van der Waals surface area contributed by atoms with E-state index in [4.69, 9.17) is 0 Å². The number of carboxylic acid groups (broad SMARTS) is 1. The minimum atomic E-state index is -1.18. The van der Waals surface area contributed by atoms with Crippen molar-refractivity contribution >= 4 is 17.8 Å². The second-order valence-corrected chi connectivity index (χ2v) is 5.30. The topological polar surface area (TPSA) is 86.7 Å². The van der Waals surface area contributed by atoms with Crippen LogP contribution in [0.2, 0.25) is 0 Å². The molecule has 1 saturated heterocycles. The van der Waals surface area contributed by atoms with E-state index in [-0.39, 0.29) is 11.8 Å². The Hall–Kier alpha value is -2.37. The van der Waals surface area contributed by atoms with Gasteiger partial charge in [0.1, 0.15) is 5.54 Å². The van der Waals surface area contributed by atoms with Crippen molar-refractivity contribution in [2.24, 2.45) is 0 Å². The zero-order chi connectivity index (χ0) is 15.6. The van der Waals surface area contributed by atoms with Crippen LogP contribution in [-0.4, -0.2) is 46.9 Å². The van der Waals surface area contributed by atoms with Gasteiger partial charge in [0, 0.05) is 24.7 Å². The van der Waals surface area contributed by atoms with Crippen LogP contribution < -0.4 is 5.32 Å². The maximum Gasteiger partial charge on any atom is 0.329 e. The number of aliphatic carboxylic acids is 1. The highest BCUT2D eigenvalue weighted by Crippen LogP contribution is 2.30. The lowest BCUT2D eigenvalue weighted by atomic mass is 9.98. The van der Waals surface area contributed by atoms with Crippen LogP contribution in [0.5, 0.6) is 0 Å². The van der Waals surface area contributed by atoms with Crippen molar-refractivity contribution in [3.63, 3.8) is 0 Å². The number of carboxylic acids is 1. The largest absolute Gasteiger partial charge is 0.480 e. The van der Waals surface area contributed by atoms with E-state index in [1.54, 1.807) is 25.1 Å². The maximum atomic E-state index is 12.6. The number of amides is 2. The standard InChI is InChI=1S/C15H18N2O4/c1-15(14(20)21)7-4-8-17(15)13(19)11-6-3-5-10(9-11)12(18)16-2/h3,5-6,9H,4,7-8H2,1-2H3,(H,16,18)(H,20,21). The molecule has 1 fully saturated rings. The molecule has 0 radical (unpaired) electrons. The molecule has 0 aliphatic carbocycles. The maximum absolute atomic E-state index is 12.6. The summed E-state index contributed by atoms with van der Waals surface area (Å²) in [6.07, 6.45) is 1.09. The van der Waals surface area contributed by atoms with Crippen LogP contribution in [0, 0.1) is 0 Å². The zero-order valence-electron chi connectivity index (χ0n) is 12.0. The Balaban J connectivity index is 2.32. The summed E-state index contributed by atoms with van der Waals surface area (Å²) in [7, 11) is 1.51. The summed E-state index contributed by atoms with van der Waals surface area (Å²) in [5.41, 5.74) is -0.481. The van der Waals surface area contributed by atoms with Gasteiger partial charge in [0.2, 0.25) is 0 Å². The molecule has 21 heavy (non-hydrogen) atoms. The van der Waals surface area contributed by atoms with Gasteiger partial charge < -0.3 is 15.3 Å². The fraction of sp³-hybridized carbons (Fsp3) is 0.400. The Morgan fingerprint density at radius 3 is 2.57 bits per heavy atom. The quantitative estimate of drug-likeness (QED) is 0.873. The molecule has 0 bridgehead atoms. The van der Waals surface area contributed by atoms with Crippen LogP contribution >= 0.6 is 0 Å². The summed E-state index contributed by atoms with van der Waals surface area (Å²) in [6, 6.07) is 6.30. The third-order valence-corrected chi connectivity index (χ3v) is 3.95. The van der Waals surface area contributed by atoms with Crippen molar-refractivity contribution in [2.75, 3.05) is 13.6 Å². The van der Waals surface area contributed by atoms with Gasteiger partial charge in [0.15, 0.2) is 0 Å². The fourth-order valence-electron chi connectivity index (χ4n) is 2.60. The first-order valence-corrected chi connectivity index (χ1v) is 6.77. The van der Waals surface area contributed by atoms with Crippen LogP contribution in [0.4, 0.5) is 0 Å². The molecule has 112 valence electrons. The number of likely N-dealkylation sites (tertiary alicyclic amines) is 1. The molecule has 1 aliphatic rings. The van der Waals surface area contributed by atoms with Crippen LogP contribution in [0.3, 0.4) is 0 Å². The third kappa shape index (κ3) is 2.61. The zero-order valence-corrected chi connectivity index (χ0v) is 12.0. The van der Waals surface area contributed by atoms with Crippen molar-refractivity contribution in [3.05, 3.63) is 35.4 Å². The van der Waals surface area contributed by atoms with Gasteiger partial charge in [-0.3, -0.25) is 9.59 Å². The van der Waals surface area contributed by atoms with Crippen molar-refractivity contribution in [3.8, 4) is 0 Å². The molecular formula is C15H18N2O4. The molecule has 2 amide bonds. The molecule has 0 spiro atoms. The molecular weight excluding hydrogens is 272 g/mol. The average Bonchev–Trinajstić information content (AvgIpc) is 2.89. The summed E-state index contributed by atoms with van der Waals surface area (Å²) >= 11 is 0. The van der Waals surface area contributed by atoms with E-state index in [9.17, 15) is 19.5 Å². The Bertz CT molecular complexity index is 599. The van der Waals surface area contributed by atoms with Crippen molar-refractivity contribution < 1.29 is 19.5 Å². The van der Waals surface area contributed by atoms with Crippen LogP contribution in [0.25, 0.3) is 0 Å². The molecule has 0 aromatic heterocycles. The molecule has 2 N–H and O–H groups in total. The Morgan fingerprint density at radius 1 is 1.29 bits per heavy atom. The minimum absolute atomic E-state index is 0.285. The molecule has 1 aromatic carbocycles. The highest BCUT2D eigenvalue weighted by molar-refractivity contribution is 6.01. The number of carbonyl (C=O) groups is 3.